The molecule has 0 saturated carbocycles. The number of benzene rings is 2. The molecule has 36 heavy (non-hydrogen) atoms. The highest BCUT2D eigenvalue weighted by atomic mass is 16.5. The Kier molecular flexibility index (Phi) is 7.45. The van der Waals surface area contributed by atoms with Gasteiger partial charge in [0.25, 0.3) is 0 Å². The van der Waals surface area contributed by atoms with E-state index >= 15 is 0 Å². The van der Waals surface area contributed by atoms with E-state index in [-0.39, 0.29) is 5.91 Å². The van der Waals surface area contributed by atoms with Crippen molar-refractivity contribution in [2.75, 3.05) is 56.9 Å². The molecule has 186 valence electrons. The predicted molar refractivity (Wildman–Crippen MR) is 142 cm³/mol. The molecule has 0 saturated heterocycles. The summed E-state index contributed by atoms with van der Waals surface area (Å²) in [7, 11) is 7.57. The normalized spacial score (nSPS) is 10.9. The van der Waals surface area contributed by atoms with Gasteiger partial charge in [0.05, 0.1) is 35.3 Å². The zero-order valence-corrected chi connectivity index (χ0v) is 20.8. The number of nitrogens with one attached hydrogen (secondary N) is 2. The Labute approximate surface area is 209 Å². The van der Waals surface area contributed by atoms with E-state index in [2.05, 4.69) is 42.1 Å². The third kappa shape index (κ3) is 5.44. The third-order valence-corrected chi connectivity index (χ3v) is 5.58. The SMILES string of the molecule is C=CC(=O)Nc1cc(Nc2nccc(-c3noc4ccccc34)n2)c(OC)cc1N(C)CCN(C)C. The number of aromatic nitrogens is 3. The van der Waals surface area contributed by atoms with Crippen LogP contribution in [0.5, 0.6) is 5.75 Å². The number of para-hydroxylation sites is 1. The smallest absolute Gasteiger partial charge is 0.247 e. The van der Waals surface area contributed by atoms with Gasteiger partial charge in [0, 0.05) is 32.4 Å². The zero-order chi connectivity index (χ0) is 25.7. The molecule has 1 amide bonds. The molecule has 4 rings (SSSR count). The van der Waals surface area contributed by atoms with Gasteiger partial charge in [0.2, 0.25) is 11.9 Å². The number of likely N-dealkylation sites (N-methyl/N-ethyl adjacent to an activating group) is 2. The van der Waals surface area contributed by atoms with Gasteiger partial charge in [-0.05, 0) is 44.4 Å². The molecule has 0 aliphatic heterocycles. The van der Waals surface area contributed by atoms with Crippen LogP contribution in [0, 0.1) is 0 Å². The molecule has 10 heteroatoms. The van der Waals surface area contributed by atoms with Crippen LogP contribution in [0.15, 0.2) is 65.8 Å². The number of nitrogens with zero attached hydrogens (tertiary/aromatic N) is 5. The first-order chi connectivity index (χ1) is 17.4. The van der Waals surface area contributed by atoms with Crippen molar-refractivity contribution in [3.05, 3.63) is 61.3 Å². The van der Waals surface area contributed by atoms with Crippen LogP contribution in [-0.2, 0) is 4.79 Å². The summed E-state index contributed by atoms with van der Waals surface area (Å²) in [5.74, 6) is 0.594. The summed E-state index contributed by atoms with van der Waals surface area (Å²) in [6.07, 6.45) is 2.88. The van der Waals surface area contributed by atoms with Crippen molar-refractivity contribution in [1.29, 1.82) is 0 Å². The van der Waals surface area contributed by atoms with Crippen LogP contribution in [0.4, 0.5) is 23.0 Å². The molecule has 10 nitrogen and oxygen atoms in total. The molecule has 2 aromatic heterocycles. The van der Waals surface area contributed by atoms with Gasteiger partial charge in [0.1, 0.15) is 11.4 Å². The highest BCUT2D eigenvalue weighted by Crippen LogP contribution is 2.38. The molecule has 0 bridgehead atoms. The molecule has 4 aromatic rings. The number of amides is 1. The molecule has 2 N–H and O–H groups in total. The van der Waals surface area contributed by atoms with Crippen molar-refractivity contribution < 1.29 is 14.1 Å². The van der Waals surface area contributed by atoms with Crippen molar-refractivity contribution in [3.8, 4) is 17.1 Å². The summed E-state index contributed by atoms with van der Waals surface area (Å²) >= 11 is 0. The fourth-order valence-corrected chi connectivity index (χ4v) is 3.65. The van der Waals surface area contributed by atoms with Gasteiger partial charge in [-0.2, -0.15) is 0 Å². The molecule has 2 heterocycles. The minimum atomic E-state index is -0.315. The zero-order valence-electron chi connectivity index (χ0n) is 20.8. The van der Waals surface area contributed by atoms with E-state index in [0.717, 1.165) is 24.2 Å². The highest BCUT2D eigenvalue weighted by molar-refractivity contribution is 6.02. The second-order valence-electron chi connectivity index (χ2n) is 8.41. The average Bonchev–Trinajstić information content (AvgIpc) is 3.32. The molecule has 2 aromatic carbocycles. The summed E-state index contributed by atoms with van der Waals surface area (Å²) in [5, 5.41) is 11.1. The lowest BCUT2D eigenvalue weighted by Crippen LogP contribution is -2.29. The van der Waals surface area contributed by atoms with Gasteiger partial charge in [-0.25, -0.2) is 9.97 Å². The standard InChI is InChI=1S/C26H29N7O3/c1-6-24(34)28-19-15-20(23(35-5)16-21(19)33(4)14-13-32(2)3)30-26-27-12-11-18(29-26)25-17-9-7-8-10-22(17)36-31-25/h6-12,15-16H,1,13-14H2,2-5H3,(H,28,34)(H,27,29,30). The molecule has 0 radical (unpaired) electrons. The summed E-state index contributed by atoms with van der Waals surface area (Å²) < 4.78 is 11.1. The van der Waals surface area contributed by atoms with E-state index in [1.807, 2.05) is 51.5 Å². The Morgan fingerprint density at radius 2 is 1.94 bits per heavy atom. The number of hydrogen-bond donors (Lipinski definition) is 2. The van der Waals surface area contributed by atoms with Crippen LogP contribution in [-0.4, -0.2) is 67.3 Å². The monoisotopic (exact) mass is 487 g/mol. The molecule has 0 unspecified atom stereocenters. The lowest BCUT2D eigenvalue weighted by Gasteiger charge is -2.26. The average molecular weight is 488 g/mol. The molecule has 0 aliphatic rings. The number of fused-ring (bicyclic) bond motifs is 1. The van der Waals surface area contributed by atoms with Crippen LogP contribution >= 0.6 is 0 Å². The highest BCUT2D eigenvalue weighted by Gasteiger charge is 2.17. The molecule has 0 aliphatic carbocycles. The number of hydrogen-bond acceptors (Lipinski definition) is 9. The predicted octanol–water partition coefficient (Wildman–Crippen LogP) is 4.16. The van der Waals surface area contributed by atoms with Crippen LogP contribution < -0.4 is 20.3 Å². The van der Waals surface area contributed by atoms with Gasteiger partial charge in [-0.15, -0.1) is 0 Å². The van der Waals surface area contributed by atoms with E-state index in [1.165, 1.54) is 6.08 Å². The van der Waals surface area contributed by atoms with E-state index in [4.69, 9.17) is 9.26 Å². The first kappa shape index (κ1) is 24.7. The number of rotatable bonds is 10. The molecular formula is C26H29N7O3. The number of carbonyl (C=O) groups is 1. The van der Waals surface area contributed by atoms with Gasteiger partial charge in [0.15, 0.2) is 5.58 Å². The molecule has 0 fully saturated rings. The largest absolute Gasteiger partial charge is 0.494 e. The molecular weight excluding hydrogens is 458 g/mol. The Morgan fingerprint density at radius 1 is 1.14 bits per heavy atom. The first-order valence-electron chi connectivity index (χ1n) is 11.4. The lowest BCUT2D eigenvalue weighted by molar-refractivity contribution is -0.111. The van der Waals surface area contributed by atoms with Crippen LogP contribution in [0.3, 0.4) is 0 Å². The minimum absolute atomic E-state index is 0.315. The maximum Gasteiger partial charge on any atom is 0.247 e. The summed E-state index contributed by atoms with van der Waals surface area (Å²) in [6.45, 7) is 5.15. The first-order valence-corrected chi connectivity index (χ1v) is 11.4. The van der Waals surface area contributed by atoms with Crippen LogP contribution in [0.25, 0.3) is 22.4 Å². The second kappa shape index (κ2) is 10.9. The Bertz CT molecular complexity index is 1380. The summed E-state index contributed by atoms with van der Waals surface area (Å²) in [6, 6.07) is 13.0. The van der Waals surface area contributed by atoms with Gasteiger partial charge in [-0.1, -0.05) is 23.9 Å². The number of anilines is 4. The molecule has 0 atom stereocenters. The maximum absolute atomic E-state index is 12.2. The number of methoxy groups -OCH3 is 1. The quantitative estimate of drug-likeness (QED) is 0.319. The van der Waals surface area contributed by atoms with Gasteiger partial charge < -0.3 is 29.7 Å². The third-order valence-electron chi connectivity index (χ3n) is 5.58. The summed E-state index contributed by atoms with van der Waals surface area (Å²) in [5.41, 5.74) is 3.90. The molecule has 0 spiro atoms. The van der Waals surface area contributed by atoms with E-state index in [9.17, 15) is 4.79 Å². The van der Waals surface area contributed by atoms with Crippen molar-refractivity contribution in [3.63, 3.8) is 0 Å². The Balaban J connectivity index is 1.69. The van der Waals surface area contributed by atoms with E-state index in [1.54, 1.807) is 25.4 Å². The topological polar surface area (TPSA) is 109 Å². The van der Waals surface area contributed by atoms with Gasteiger partial charge in [-0.3, -0.25) is 4.79 Å². The van der Waals surface area contributed by atoms with Crippen molar-refractivity contribution in [2.45, 2.75) is 0 Å². The van der Waals surface area contributed by atoms with E-state index < -0.39 is 0 Å². The summed E-state index contributed by atoms with van der Waals surface area (Å²) in [4.78, 5) is 25.3. The van der Waals surface area contributed by atoms with Crippen molar-refractivity contribution in [2.24, 2.45) is 0 Å². The second-order valence-corrected chi connectivity index (χ2v) is 8.41. The van der Waals surface area contributed by atoms with Crippen molar-refractivity contribution >= 4 is 39.9 Å². The minimum Gasteiger partial charge on any atom is -0.494 e. The maximum atomic E-state index is 12.2. The lowest BCUT2D eigenvalue weighted by atomic mass is 10.1. The van der Waals surface area contributed by atoms with Crippen molar-refractivity contribution in [1.82, 2.24) is 20.0 Å². The fraction of sp³-hybridized carbons (Fsp3) is 0.231. The van der Waals surface area contributed by atoms with Crippen LogP contribution in [0.2, 0.25) is 0 Å². The number of carbonyl (C=O) groups excluding carboxylic acids is 1. The van der Waals surface area contributed by atoms with Gasteiger partial charge >= 0.3 is 0 Å². The Morgan fingerprint density at radius 3 is 2.69 bits per heavy atom. The fourth-order valence-electron chi connectivity index (χ4n) is 3.65. The van der Waals surface area contributed by atoms with E-state index in [0.29, 0.717) is 40.0 Å². The number of ether oxygens (including phenoxy) is 1. The Hall–Kier alpha value is -4.44. The van der Waals surface area contributed by atoms with Crippen LogP contribution in [0.1, 0.15) is 0 Å².